The third-order valence-corrected chi connectivity index (χ3v) is 28.4. The van der Waals surface area contributed by atoms with E-state index in [4.69, 9.17) is 0 Å². The Morgan fingerprint density at radius 3 is 1.34 bits per heavy atom. The van der Waals surface area contributed by atoms with Gasteiger partial charge in [0.05, 0.1) is 0 Å². The molecule has 4 aromatic rings. The molecule has 0 amide bonds. The standard InChI is InChI=1S/2C16H13.C2H4.Hf/c2*1-12-10-14-8-5-9-15(16(14)11-12)13-6-3-2-4-7-13;1-2;/h2*2-11H,1H3;1-2H2;. The zero-order chi connectivity index (χ0) is 23.6. The third-order valence-electron chi connectivity index (χ3n) is 8.70. The summed E-state index contributed by atoms with van der Waals surface area (Å²) in [7, 11) is 0. The van der Waals surface area contributed by atoms with Crippen LogP contribution in [0.5, 0.6) is 0 Å². The minimum atomic E-state index is -2.73. The van der Waals surface area contributed by atoms with E-state index in [2.05, 4.69) is 123 Å². The van der Waals surface area contributed by atoms with E-state index in [1.165, 1.54) is 41.7 Å². The Morgan fingerprint density at radius 1 is 0.514 bits per heavy atom. The van der Waals surface area contributed by atoms with Gasteiger partial charge in [0.1, 0.15) is 0 Å². The number of fused-ring (bicyclic) bond motifs is 2. The Kier molecular flexibility index (Phi) is 5.00. The molecule has 0 saturated carbocycles. The first-order chi connectivity index (χ1) is 17.2. The molecular formula is C34H30Hf. The van der Waals surface area contributed by atoms with Crippen molar-refractivity contribution in [1.82, 2.24) is 0 Å². The molecule has 170 valence electrons. The zero-order valence-corrected chi connectivity index (χ0v) is 24.1. The van der Waals surface area contributed by atoms with Crippen molar-refractivity contribution in [1.29, 1.82) is 0 Å². The molecule has 1 fully saturated rings. The summed E-state index contributed by atoms with van der Waals surface area (Å²) < 4.78 is 4.45. The van der Waals surface area contributed by atoms with Crippen molar-refractivity contribution in [3.63, 3.8) is 0 Å². The van der Waals surface area contributed by atoms with Crippen molar-refractivity contribution in [2.45, 2.75) is 29.6 Å². The second-order valence-corrected chi connectivity index (χ2v) is 27.3. The normalized spacial score (nSPS) is 21.2. The maximum absolute atomic E-state index is 2.73. The van der Waals surface area contributed by atoms with E-state index >= 15 is 0 Å². The number of hydrogen-bond acceptors (Lipinski definition) is 0. The Balaban J connectivity index is 1.34. The summed E-state index contributed by atoms with van der Waals surface area (Å²) >= 11 is -2.73. The van der Waals surface area contributed by atoms with E-state index in [0.29, 0.717) is 7.35 Å². The van der Waals surface area contributed by atoms with Gasteiger partial charge in [0.15, 0.2) is 0 Å². The number of allylic oxidation sites excluding steroid dienone is 2. The number of rotatable bonds is 4. The first-order valence-electron chi connectivity index (χ1n) is 12.9. The maximum atomic E-state index is 2.54. The van der Waals surface area contributed by atoms with E-state index in [9.17, 15) is 0 Å². The van der Waals surface area contributed by atoms with Gasteiger partial charge < -0.3 is 0 Å². The van der Waals surface area contributed by atoms with Crippen LogP contribution in [0.3, 0.4) is 0 Å². The van der Waals surface area contributed by atoms with Crippen LogP contribution in [0.1, 0.15) is 43.5 Å². The molecule has 0 aromatic heterocycles. The van der Waals surface area contributed by atoms with Gasteiger partial charge in [-0.05, 0) is 0 Å². The van der Waals surface area contributed by atoms with Crippen LogP contribution in [0, 0.1) is 0 Å². The van der Waals surface area contributed by atoms with Gasteiger partial charge in [-0.25, -0.2) is 0 Å². The van der Waals surface area contributed by atoms with Crippen LogP contribution in [0.2, 0.25) is 8.35 Å². The summed E-state index contributed by atoms with van der Waals surface area (Å²) in [6, 6.07) is 36.1. The van der Waals surface area contributed by atoms with Gasteiger partial charge in [0, 0.05) is 0 Å². The molecule has 1 saturated heterocycles. The summed E-state index contributed by atoms with van der Waals surface area (Å²) in [5, 5.41) is 0. The van der Waals surface area contributed by atoms with E-state index in [1.807, 2.05) is 0 Å². The van der Waals surface area contributed by atoms with Gasteiger partial charge in [-0.15, -0.1) is 0 Å². The van der Waals surface area contributed by atoms with Gasteiger partial charge in [0.25, 0.3) is 0 Å². The quantitative estimate of drug-likeness (QED) is 0.200. The first kappa shape index (κ1) is 21.5. The first-order valence-corrected chi connectivity index (χ1v) is 22.1. The SMILES string of the molecule is CC1=Cc2c(-c3ccccc3)cccc2[CH]1[Hf]1([CH]2C(C)=Cc3c(-c4ccccc4)cccc32)[CH2][CH2]1. The van der Waals surface area contributed by atoms with Crippen LogP contribution in [0.25, 0.3) is 34.4 Å². The number of hydrogen-bond donors (Lipinski definition) is 0. The summed E-state index contributed by atoms with van der Waals surface area (Å²) in [5.41, 5.74) is 15.0. The van der Waals surface area contributed by atoms with Crippen molar-refractivity contribution in [3.05, 3.63) is 130 Å². The van der Waals surface area contributed by atoms with E-state index in [1.54, 1.807) is 22.3 Å². The molecule has 0 bridgehead atoms. The average Bonchev–Trinajstić information content (AvgIpc) is 3.47. The van der Waals surface area contributed by atoms with E-state index in [0.717, 1.165) is 0 Å². The average molecular weight is 617 g/mol. The molecule has 4 aromatic carbocycles. The molecule has 1 aliphatic heterocycles. The van der Waals surface area contributed by atoms with Gasteiger partial charge >= 0.3 is 214 Å². The molecule has 0 radical (unpaired) electrons. The van der Waals surface area contributed by atoms with E-state index in [-0.39, 0.29) is 0 Å². The fraction of sp³-hybridized carbons (Fsp3) is 0.176. The van der Waals surface area contributed by atoms with Gasteiger partial charge in [-0.3, -0.25) is 0 Å². The van der Waals surface area contributed by atoms with Crippen LogP contribution in [0.4, 0.5) is 0 Å². The zero-order valence-electron chi connectivity index (χ0n) is 20.5. The van der Waals surface area contributed by atoms with Crippen molar-refractivity contribution in [2.24, 2.45) is 0 Å². The molecule has 2 unspecified atom stereocenters. The van der Waals surface area contributed by atoms with Crippen molar-refractivity contribution >= 4 is 12.2 Å². The Labute approximate surface area is 213 Å². The van der Waals surface area contributed by atoms with Gasteiger partial charge in [-0.2, -0.15) is 0 Å². The van der Waals surface area contributed by atoms with Crippen molar-refractivity contribution in [2.75, 3.05) is 0 Å². The third kappa shape index (κ3) is 3.28. The second-order valence-electron chi connectivity index (χ2n) is 10.7. The number of benzene rings is 4. The predicted molar refractivity (Wildman–Crippen MR) is 146 cm³/mol. The molecule has 35 heavy (non-hydrogen) atoms. The summed E-state index contributed by atoms with van der Waals surface area (Å²) in [6.07, 6.45) is 5.08. The van der Waals surface area contributed by atoms with Crippen molar-refractivity contribution < 1.29 is 20.0 Å². The van der Waals surface area contributed by atoms with E-state index < -0.39 is 20.0 Å². The molecule has 2 aliphatic carbocycles. The Bertz CT molecular complexity index is 1390. The second kappa shape index (κ2) is 8.14. The van der Waals surface area contributed by atoms with Gasteiger partial charge in [0.2, 0.25) is 0 Å². The molecule has 2 atom stereocenters. The fourth-order valence-corrected chi connectivity index (χ4v) is 35.5. The van der Waals surface area contributed by atoms with Crippen LogP contribution >= 0.6 is 0 Å². The van der Waals surface area contributed by atoms with Crippen LogP contribution in [-0.4, -0.2) is 0 Å². The molecule has 1 heteroatoms. The van der Waals surface area contributed by atoms with Crippen molar-refractivity contribution in [3.8, 4) is 22.3 Å². The summed E-state index contributed by atoms with van der Waals surface area (Å²) in [4.78, 5) is 0. The molecule has 0 nitrogen and oxygen atoms in total. The van der Waals surface area contributed by atoms with Crippen LogP contribution in [0.15, 0.2) is 108 Å². The fourth-order valence-electron chi connectivity index (χ4n) is 7.26. The molecule has 1 heterocycles. The Hall–Kier alpha value is -2.77. The Morgan fingerprint density at radius 2 is 0.943 bits per heavy atom. The predicted octanol–water partition coefficient (Wildman–Crippen LogP) is 9.64. The van der Waals surface area contributed by atoms with Crippen LogP contribution < -0.4 is 0 Å². The van der Waals surface area contributed by atoms with Gasteiger partial charge in [-0.1, -0.05) is 0 Å². The molecule has 3 aliphatic rings. The minimum absolute atomic E-state index is 0.709. The molecule has 0 spiro atoms. The molecule has 0 N–H and O–H groups in total. The summed E-state index contributed by atoms with van der Waals surface area (Å²) in [5.74, 6) is 0. The molecular weight excluding hydrogens is 587 g/mol. The monoisotopic (exact) mass is 618 g/mol. The van der Waals surface area contributed by atoms with Crippen LogP contribution in [-0.2, 0) is 20.0 Å². The topological polar surface area (TPSA) is 0 Å². The summed E-state index contributed by atoms with van der Waals surface area (Å²) in [6.45, 7) is 4.85. The molecule has 7 rings (SSSR count).